The van der Waals surface area contributed by atoms with Crippen LogP contribution in [0.3, 0.4) is 0 Å². The van der Waals surface area contributed by atoms with Crippen molar-refractivity contribution in [3.8, 4) is 0 Å². The number of ether oxygens (including phenoxy) is 1. The molecule has 0 bridgehead atoms. The third kappa shape index (κ3) is 4.00. The molecule has 0 unspecified atom stereocenters. The highest BCUT2D eigenvalue weighted by molar-refractivity contribution is 5.97. The van der Waals surface area contributed by atoms with Gasteiger partial charge in [-0.3, -0.25) is 4.79 Å². The molecule has 0 saturated heterocycles. The Morgan fingerprint density at radius 1 is 1.07 bits per heavy atom. The number of rotatable bonds is 5. The van der Waals surface area contributed by atoms with Gasteiger partial charge in [0, 0.05) is 17.6 Å². The molecule has 27 heavy (non-hydrogen) atoms. The molecule has 0 aliphatic carbocycles. The van der Waals surface area contributed by atoms with Crippen molar-refractivity contribution in [3.63, 3.8) is 0 Å². The minimum Gasteiger partial charge on any atom is -0.448 e. The molecule has 0 aliphatic heterocycles. The van der Waals surface area contributed by atoms with E-state index in [2.05, 4.69) is 24.1 Å². The summed E-state index contributed by atoms with van der Waals surface area (Å²) < 4.78 is 7.12. The number of amides is 1. The Labute approximate surface area is 158 Å². The van der Waals surface area contributed by atoms with Gasteiger partial charge in [0.25, 0.3) is 5.91 Å². The van der Waals surface area contributed by atoms with Crippen LogP contribution in [-0.4, -0.2) is 27.4 Å². The monoisotopic (exact) mass is 365 g/mol. The van der Waals surface area contributed by atoms with Crippen LogP contribution in [0.5, 0.6) is 0 Å². The van der Waals surface area contributed by atoms with E-state index in [1.54, 1.807) is 17.5 Å². The predicted octanol–water partition coefficient (Wildman–Crippen LogP) is 3.95. The van der Waals surface area contributed by atoms with Gasteiger partial charge in [0.05, 0.1) is 0 Å². The van der Waals surface area contributed by atoms with Gasteiger partial charge in [-0.05, 0) is 43.5 Å². The number of aromatic nitrogens is 2. The first kappa shape index (κ1) is 18.6. The maximum absolute atomic E-state index is 12.5. The van der Waals surface area contributed by atoms with Crippen molar-refractivity contribution in [1.29, 1.82) is 0 Å². The number of hydrogen-bond donors (Lipinski definition) is 1. The van der Waals surface area contributed by atoms with Crippen molar-refractivity contribution in [2.24, 2.45) is 0 Å². The summed E-state index contributed by atoms with van der Waals surface area (Å²) in [7, 11) is 0. The van der Waals surface area contributed by atoms with Crippen LogP contribution in [0.2, 0.25) is 0 Å². The topological polar surface area (TPSA) is 72.7 Å². The zero-order valence-corrected chi connectivity index (χ0v) is 15.9. The predicted molar refractivity (Wildman–Crippen MR) is 104 cm³/mol. The number of benzene rings is 1. The second kappa shape index (κ2) is 7.61. The zero-order valence-electron chi connectivity index (χ0n) is 15.9. The molecule has 2 heterocycles. The molecule has 0 spiro atoms. The average molecular weight is 365 g/mol. The van der Waals surface area contributed by atoms with Gasteiger partial charge in [-0.25, -0.2) is 9.78 Å². The van der Waals surface area contributed by atoms with Crippen molar-refractivity contribution in [1.82, 2.24) is 9.38 Å². The lowest BCUT2D eigenvalue weighted by atomic mass is 10.0. The van der Waals surface area contributed by atoms with Crippen LogP contribution in [0.1, 0.15) is 48.4 Å². The number of nitrogens with one attached hydrogen (secondary N) is 1. The Balaban J connectivity index is 1.70. The van der Waals surface area contributed by atoms with Crippen LogP contribution in [0.25, 0.3) is 5.65 Å². The van der Waals surface area contributed by atoms with E-state index in [9.17, 15) is 9.59 Å². The molecule has 1 amide bonds. The van der Waals surface area contributed by atoms with Crippen molar-refractivity contribution in [3.05, 3.63) is 65.6 Å². The summed E-state index contributed by atoms with van der Waals surface area (Å²) in [4.78, 5) is 29.1. The third-order valence-electron chi connectivity index (χ3n) is 4.40. The first-order valence-electron chi connectivity index (χ1n) is 8.92. The van der Waals surface area contributed by atoms with Crippen LogP contribution >= 0.6 is 0 Å². The SMILES string of the molecule is Cc1cccc2nc(C(=O)O[C@@H](C)C(=O)Nc3ccccc3C(C)C)cn12. The van der Waals surface area contributed by atoms with Crippen molar-refractivity contribution < 1.29 is 14.3 Å². The fourth-order valence-electron chi connectivity index (χ4n) is 2.87. The lowest BCUT2D eigenvalue weighted by Crippen LogP contribution is -2.30. The van der Waals surface area contributed by atoms with Crippen LogP contribution in [0, 0.1) is 6.92 Å². The number of nitrogens with zero attached hydrogens (tertiary/aromatic N) is 2. The van der Waals surface area contributed by atoms with Gasteiger partial charge >= 0.3 is 5.97 Å². The third-order valence-corrected chi connectivity index (χ3v) is 4.40. The summed E-state index contributed by atoms with van der Waals surface area (Å²) >= 11 is 0. The number of hydrogen-bond acceptors (Lipinski definition) is 4. The Hall–Kier alpha value is -3.15. The minimum absolute atomic E-state index is 0.173. The lowest BCUT2D eigenvalue weighted by molar-refractivity contribution is -0.123. The van der Waals surface area contributed by atoms with Crippen molar-refractivity contribution >= 4 is 23.2 Å². The number of carbonyl (C=O) groups excluding carboxylic acids is 2. The number of aryl methyl sites for hydroxylation is 1. The van der Waals surface area contributed by atoms with Crippen molar-refractivity contribution in [2.45, 2.75) is 39.7 Å². The number of fused-ring (bicyclic) bond motifs is 1. The molecule has 140 valence electrons. The second-order valence-electron chi connectivity index (χ2n) is 6.80. The molecule has 1 atom stereocenters. The molecule has 1 aromatic carbocycles. The van der Waals surface area contributed by atoms with E-state index >= 15 is 0 Å². The van der Waals surface area contributed by atoms with Crippen molar-refractivity contribution in [2.75, 3.05) is 5.32 Å². The molecule has 6 nitrogen and oxygen atoms in total. The van der Waals surface area contributed by atoms with E-state index in [0.29, 0.717) is 5.65 Å². The molecular formula is C21H23N3O3. The molecule has 3 rings (SSSR count). The van der Waals surface area contributed by atoms with Gasteiger partial charge in [-0.15, -0.1) is 0 Å². The number of esters is 1. The molecule has 0 aliphatic rings. The Bertz CT molecular complexity index is 991. The van der Waals surface area contributed by atoms with Gasteiger partial charge in [-0.1, -0.05) is 38.1 Å². The standard InChI is InChI=1S/C21H23N3O3/c1-13(2)16-9-5-6-10-17(16)23-20(25)15(4)27-21(26)18-12-24-14(3)8-7-11-19(24)22-18/h5-13,15H,1-4H3,(H,23,25)/t15-/m0/s1. The van der Waals surface area contributed by atoms with E-state index in [1.807, 2.05) is 49.4 Å². The van der Waals surface area contributed by atoms with Gasteiger partial charge < -0.3 is 14.5 Å². The molecule has 0 radical (unpaired) electrons. The first-order valence-corrected chi connectivity index (χ1v) is 8.92. The van der Waals surface area contributed by atoms with E-state index in [0.717, 1.165) is 16.9 Å². The fourth-order valence-corrected chi connectivity index (χ4v) is 2.87. The van der Waals surface area contributed by atoms with Gasteiger partial charge in [0.2, 0.25) is 0 Å². The summed E-state index contributed by atoms with van der Waals surface area (Å²) in [5, 5.41) is 2.84. The van der Waals surface area contributed by atoms with Crippen LogP contribution in [0.15, 0.2) is 48.7 Å². The molecule has 0 fully saturated rings. The summed E-state index contributed by atoms with van der Waals surface area (Å²) in [5.74, 6) is -0.741. The lowest BCUT2D eigenvalue weighted by Gasteiger charge is -2.16. The minimum atomic E-state index is -0.941. The summed E-state index contributed by atoms with van der Waals surface area (Å²) in [6, 6.07) is 13.2. The first-order chi connectivity index (χ1) is 12.9. The summed E-state index contributed by atoms with van der Waals surface area (Å²) in [6.07, 6.45) is 0.676. The second-order valence-corrected chi connectivity index (χ2v) is 6.80. The number of pyridine rings is 1. The average Bonchev–Trinajstić information content (AvgIpc) is 3.08. The number of anilines is 1. The Morgan fingerprint density at radius 2 is 1.81 bits per heavy atom. The molecule has 1 N–H and O–H groups in total. The molecular weight excluding hydrogens is 342 g/mol. The maximum Gasteiger partial charge on any atom is 0.359 e. The normalized spacial score (nSPS) is 12.2. The van der Waals surface area contributed by atoms with E-state index in [-0.39, 0.29) is 17.5 Å². The number of imidazole rings is 1. The van der Waals surface area contributed by atoms with Crippen LogP contribution < -0.4 is 5.32 Å². The van der Waals surface area contributed by atoms with E-state index in [1.165, 1.54) is 0 Å². The van der Waals surface area contributed by atoms with Crippen LogP contribution in [-0.2, 0) is 9.53 Å². The molecule has 0 saturated carbocycles. The van der Waals surface area contributed by atoms with E-state index in [4.69, 9.17) is 4.74 Å². The number of carbonyl (C=O) groups is 2. The molecule has 3 aromatic rings. The Kier molecular flexibility index (Phi) is 5.26. The summed E-state index contributed by atoms with van der Waals surface area (Å²) in [5.41, 5.74) is 3.54. The highest BCUT2D eigenvalue weighted by Crippen LogP contribution is 2.24. The smallest absolute Gasteiger partial charge is 0.359 e. The quantitative estimate of drug-likeness (QED) is 0.695. The summed E-state index contributed by atoms with van der Waals surface area (Å²) in [6.45, 7) is 7.58. The van der Waals surface area contributed by atoms with Gasteiger partial charge in [-0.2, -0.15) is 0 Å². The number of para-hydroxylation sites is 1. The van der Waals surface area contributed by atoms with Gasteiger partial charge in [0.15, 0.2) is 11.8 Å². The molecule has 2 aromatic heterocycles. The van der Waals surface area contributed by atoms with Gasteiger partial charge in [0.1, 0.15) is 5.65 Å². The highest BCUT2D eigenvalue weighted by Gasteiger charge is 2.22. The fraction of sp³-hybridized carbons (Fsp3) is 0.286. The zero-order chi connectivity index (χ0) is 19.6. The highest BCUT2D eigenvalue weighted by atomic mass is 16.5. The van der Waals surface area contributed by atoms with E-state index < -0.39 is 12.1 Å². The van der Waals surface area contributed by atoms with Crippen LogP contribution in [0.4, 0.5) is 5.69 Å². The Morgan fingerprint density at radius 3 is 2.52 bits per heavy atom. The largest absolute Gasteiger partial charge is 0.448 e. The maximum atomic E-state index is 12.5. The molecule has 6 heteroatoms.